The van der Waals surface area contributed by atoms with Crippen LogP contribution in [-0.4, -0.2) is 70.5 Å². The van der Waals surface area contributed by atoms with Gasteiger partial charge in [0.25, 0.3) is 0 Å². The fraction of sp³-hybridized carbons (Fsp3) is 0.875. The largest absolute Gasteiger partial charge is 0.385 e. The number of nitrogens with one attached hydrogen (secondary N) is 1. The topological polar surface area (TPSA) is 131 Å². The number of ether oxygens (including phenoxy) is 1. The summed E-state index contributed by atoms with van der Waals surface area (Å²) in [6.45, 7) is 0.250. The quantitative estimate of drug-likeness (QED) is 0.446. The Morgan fingerprint density at radius 3 is 2.50 bits per heavy atom. The van der Waals surface area contributed by atoms with Gasteiger partial charge in [-0.15, -0.1) is 0 Å². The lowest BCUT2D eigenvalue weighted by atomic mass is 10.3. The molecule has 0 amide bonds. The van der Waals surface area contributed by atoms with E-state index in [0.717, 1.165) is 10.6 Å². The van der Waals surface area contributed by atoms with Crippen molar-refractivity contribution >= 4 is 25.7 Å². The molecule has 10 heteroatoms. The van der Waals surface area contributed by atoms with Crippen LogP contribution in [0.5, 0.6) is 0 Å². The van der Waals surface area contributed by atoms with Crippen LogP contribution < -0.4 is 5.73 Å². The predicted octanol–water partition coefficient (Wildman–Crippen LogP) is -2.00. The van der Waals surface area contributed by atoms with Crippen LogP contribution in [-0.2, 0) is 24.6 Å². The number of sulfonamides is 1. The van der Waals surface area contributed by atoms with Gasteiger partial charge in [0.15, 0.2) is 0 Å². The lowest BCUT2D eigenvalue weighted by Crippen LogP contribution is -2.51. The Balaban J connectivity index is 2.70. The summed E-state index contributed by atoms with van der Waals surface area (Å²) in [5.74, 6) is -1.12. The maximum atomic E-state index is 11.9. The molecule has 18 heavy (non-hydrogen) atoms. The van der Waals surface area contributed by atoms with Crippen LogP contribution in [0.2, 0.25) is 0 Å². The molecular weight excluding hydrogens is 282 g/mol. The van der Waals surface area contributed by atoms with Gasteiger partial charge in [0.2, 0.25) is 10.0 Å². The van der Waals surface area contributed by atoms with Gasteiger partial charge in [-0.25, -0.2) is 16.8 Å². The fourth-order valence-electron chi connectivity index (χ4n) is 1.45. The van der Waals surface area contributed by atoms with Gasteiger partial charge in [0.1, 0.15) is 21.8 Å². The van der Waals surface area contributed by atoms with Crippen molar-refractivity contribution < 1.29 is 21.6 Å². The Hall–Kier alpha value is -0.710. The number of sulfone groups is 1. The molecule has 1 aliphatic rings. The fourth-order valence-corrected chi connectivity index (χ4v) is 4.48. The molecule has 0 aromatic heterocycles. The van der Waals surface area contributed by atoms with Gasteiger partial charge >= 0.3 is 0 Å². The molecule has 1 aliphatic heterocycles. The molecule has 0 spiro atoms. The maximum absolute atomic E-state index is 11.9. The Morgan fingerprint density at radius 1 is 1.39 bits per heavy atom. The third kappa shape index (κ3) is 4.52. The van der Waals surface area contributed by atoms with Crippen molar-refractivity contribution in [1.82, 2.24) is 4.31 Å². The SMILES string of the molecule is CS(=O)(=O)CCS(=O)(=O)N1CCOC(C(=N)N)C1. The highest BCUT2D eigenvalue weighted by molar-refractivity contribution is 7.93. The minimum atomic E-state index is -3.66. The van der Waals surface area contributed by atoms with Crippen molar-refractivity contribution in [2.75, 3.05) is 37.5 Å². The molecule has 0 aliphatic carbocycles. The van der Waals surface area contributed by atoms with Crippen molar-refractivity contribution in [2.24, 2.45) is 5.73 Å². The summed E-state index contributed by atoms with van der Waals surface area (Å²) in [5, 5.41) is 7.22. The molecule has 1 atom stereocenters. The highest BCUT2D eigenvalue weighted by atomic mass is 32.2. The zero-order valence-electron chi connectivity index (χ0n) is 10.00. The van der Waals surface area contributed by atoms with Gasteiger partial charge in [0, 0.05) is 19.3 Å². The van der Waals surface area contributed by atoms with E-state index < -0.39 is 37.5 Å². The minimum absolute atomic E-state index is 0.0402. The van der Waals surface area contributed by atoms with Gasteiger partial charge in [-0.05, 0) is 0 Å². The van der Waals surface area contributed by atoms with E-state index in [1.807, 2.05) is 0 Å². The Bertz CT molecular complexity index is 513. The lowest BCUT2D eigenvalue weighted by Gasteiger charge is -2.31. The predicted molar refractivity (Wildman–Crippen MR) is 66.7 cm³/mol. The number of nitrogens with zero attached hydrogens (tertiary/aromatic N) is 1. The van der Waals surface area contributed by atoms with Crippen molar-refractivity contribution in [1.29, 1.82) is 5.41 Å². The summed E-state index contributed by atoms with van der Waals surface area (Å²) >= 11 is 0. The normalized spacial score (nSPS) is 22.8. The Morgan fingerprint density at radius 2 is 2.00 bits per heavy atom. The van der Waals surface area contributed by atoms with Crippen molar-refractivity contribution in [3.05, 3.63) is 0 Å². The molecule has 1 fully saturated rings. The number of nitrogens with two attached hydrogens (primary N) is 1. The number of hydrogen-bond acceptors (Lipinski definition) is 6. The first-order valence-corrected chi connectivity index (χ1v) is 8.90. The number of amidine groups is 1. The van der Waals surface area contributed by atoms with Crippen LogP contribution >= 0.6 is 0 Å². The van der Waals surface area contributed by atoms with Crippen molar-refractivity contribution in [3.63, 3.8) is 0 Å². The average molecular weight is 299 g/mol. The molecule has 0 aromatic carbocycles. The van der Waals surface area contributed by atoms with E-state index in [1.165, 1.54) is 0 Å². The second-order valence-electron chi connectivity index (χ2n) is 4.12. The molecule has 1 rings (SSSR count). The van der Waals surface area contributed by atoms with Gasteiger partial charge in [0.05, 0.1) is 18.1 Å². The van der Waals surface area contributed by atoms with E-state index in [-0.39, 0.29) is 25.5 Å². The molecule has 0 radical (unpaired) electrons. The highest BCUT2D eigenvalue weighted by Gasteiger charge is 2.31. The first-order chi connectivity index (χ1) is 8.12. The summed E-state index contributed by atoms with van der Waals surface area (Å²) in [5.41, 5.74) is 5.26. The Labute approximate surface area is 107 Å². The molecule has 0 bridgehead atoms. The monoisotopic (exact) mass is 299 g/mol. The van der Waals surface area contributed by atoms with E-state index in [2.05, 4.69) is 0 Å². The molecule has 1 heterocycles. The first-order valence-electron chi connectivity index (χ1n) is 5.23. The summed E-state index contributed by atoms with van der Waals surface area (Å²) in [6, 6.07) is 0. The molecule has 1 unspecified atom stereocenters. The standard InChI is InChI=1S/C8H17N3O5S2/c1-17(12,13)4-5-18(14,15)11-2-3-16-7(6-11)8(9)10/h7H,2-6H2,1H3,(H3,9,10). The lowest BCUT2D eigenvalue weighted by molar-refractivity contribution is 0.0369. The third-order valence-electron chi connectivity index (χ3n) is 2.48. The van der Waals surface area contributed by atoms with Crippen LogP contribution in [0.25, 0.3) is 0 Å². The van der Waals surface area contributed by atoms with Gasteiger partial charge in [-0.2, -0.15) is 4.31 Å². The van der Waals surface area contributed by atoms with Crippen LogP contribution in [0.4, 0.5) is 0 Å². The van der Waals surface area contributed by atoms with Crippen LogP contribution in [0.15, 0.2) is 0 Å². The molecular formula is C8H17N3O5S2. The number of morpholine rings is 1. The zero-order chi connectivity index (χ0) is 14.0. The highest BCUT2D eigenvalue weighted by Crippen LogP contribution is 2.11. The van der Waals surface area contributed by atoms with Crippen LogP contribution in [0.1, 0.15) is 0 Å². The molecule has 3 N–H and O–H groups in total. The van der Waals surface area contributed by atoms with E-state index in [9.17, 15) is 16.8 Å². The summed E-state index contributed by atoms with van der Waals surface area (Å²) < 4.78 is 52.0. The van der Waals surface area contributed by atoms with E-state index in [1.54, 1.807) is 0 Å². The average Bonchev–Trinajstić information content (AvgIpc) is 2.26. The minimum Gasteiger partial charge on any atom is -0.385 e. The molecule has 0 saturated carbocycles. The summed E-state index contributed by atoms with van der Waals surface area (Å²) in [6.07, 6.45) is 0.229. The van der Waals surface area contributed by atoms with E-state index >= 15 is 0 Å². The Kier molecular flexibility index (Phi) is 4.70. The second-order valence-corrected chi connectivity index (χ2v) is 8.47. The van der Waals surface area contributed by atoms with Gasteiger partial charge in [-0.1, -0.05) is 0 Å². The smallest absolute Gasteiger partial charge is 0.215 e. The van der Waals surface area contributed by atoms with Crippen molar-refractivity contribution in [3.8, 4) is 0 Å². The zero-order valence-corrected chi connectivity index (χ0v) is 11.6. The summed E-state index contributed by atoms with van der Waals surface area (Å²) in [4.78, 5) is 0. The maximum Gasteiger partial charge on any atom is 0.215 e. The van der Waals surface area contributed by atoms with Crippen molar-refractivity contribution in [2.45, 2.75) is 6.10 Å². The molecule has 8 nitrogen and oxygen atoms in total. The second kappa shape index (κ2) is 5.51. The number of rotatable bonds is 5. The van der Waals surface area contributed by atoms with Gasteiger partial charge in [-0.3, -0.25) is 5.41 Å². The molecule has 1 saturated heterocycles. The van der Waals surface area contributed by atoms with E-state index in [0.29, 0.717) is 0 Å². The molecule has 0 aromatic rings. The summed E-state index contributed by atoms with van der Waals surface area (Å²) in [7, 11) is -6.99. The van der Waals surface area contributed by atoms with Gasteiger partial charge < -0.3 is 10.5 Å². The third-order valence-corrected chi connectivity index (χ3v) is 5.52. The van der Waals surface area contributed by atoms with Crippen LogP contribution in [0, 0.1) is 5.41 Å². The first kappa shape index (κ1) is 15.3. The van der Waals surface area contributed by atoms with Crippen LogP contribution in [0.3, 0.4) is 0 Å². The number of hydrogen-bond donors (Lipinski definition) is 2. The molecule has 106 valence electrons. The van der Waals surface area contributed by atoms with E-state index in [4.69, 9.17) is 15.9 Å².